The van der Waals surface area contributed by atoms with E-state index in [-0.39, 0.29) is 37.8 Å². The second kappa shape index (κ2) is 7.49. The third-order valence-electron chi connectivity index (χ3n) is 4.47. The van der Waals surface area contributed by atoms with E-state index in [1.165, 1.54) is 9.21 Å². The van der Waals surface area contributed by atoms with Crippen molar-refractivity contribution in [1.29, 1.82) is 0 Å². The summed E-state index contributed by atoms with van der Waals surface area (Å²) in [5.74, 6) is -1.08. The van der Waals surface area contributed by atoms with Gasteiger partial charge in [-0.3, -0.25) is 4.79 Å². The maximum atomic E-state index is 12.3. The predicted octanol–water partition coefficient (Wildman–Crippen LogP) is 1.66. The highest BCUT2D eigenvalue weighted by molar-refractivity contribution is 7.88. The molecule has 146 valence electrons. The van der Waals surface area contributed by atoms with Crippen molar-refractivity contribution in [3.63, 3.8) is 0 Å². The van der Waals surface area contributed by atoms with E-state index in [1.807, 2.05) is 0 Å². The first-order valence-corrected chi connectivity index (χ1v) is 10.5. The molecule has 0 bridgehead atoms. The van der Waals surface area contributed by atoms with Gasteiger partial charge in [0, 0.05) is 42.2 Å². The highest BCUT2D eigenvalue weighted by Crippen LogP contribution is 2.28. The number of hydrogen-bond donors (Lipinski definition) is 0. The number of furan rings is 1. The molecule has 2 aromatic rings. The lowest BCUT2D eigenvalue weighted by molar-refractivity contribution is -0.135. The number of carbonyl (C=O) groups excluding carboxylic acids is 2. The van der Waals surface area contributed by atoms with Crippen LogP contribution in [-0.4, -0.2) is 68.5 Å². The van der Waals surface area contributed by atoms with Crippen molar-refractivity contribution >= 4 is 44.5 Å². The van der Waals surface area contributed by atoms with Crippen molar-refractivity contribution in [2.24, 2.45) is 0 Å². The zero-order chi connectivity index (χ0) is 19.8. The van der Waals surface area contributed by atoms with Crippen LogP contribution in [0.2, 0.25) is 5.02 Å². The summed E-state index contributed by atoms with van der Waals surface area (Å²) in [5.41, 5.74) is 1.10. The Hall–Kier alpha value is -2.10. The van der Waals surface area contributed by atoms with Crippen LogP contribution < -0.4 is 0 Å². The van der Waals surface area contributed by atoms with Gasteiger partial charge in [-0.1, -0.05) is 11.6 Å². The minimum Gasteiger partial charge on any atom is -0.450 e. The number of carbonyl (C=O) groups is 2. The lowest BCUT2D eigenvalue weighted by Gasteiger charge is -2.33. The molecule has 1 aromatic heterocycles. The zero-order valence-corrected chi connectivity index (χ0v) is 16.5. The molecule has 0 N–H and O–H groups in total. The Bertz CT molecular complexity index is 992. The van der Waals surface area contributed by atoms with Crippen LogP contribution in [0.25, 0.3) is 11.0 Å². The van der Waals surface area contributed by atoms with Crippen LogP contribution in [0.1, 0.15) is 16.1 Å². The fourth-order valence-corrected chi connectivity index (χ4v) is 3.94. The Morgan fingerprint density at radius 3 is 2.52 bits per heavy atom. The van der Waals surface area contributed by atoms with Gasteiger partial charge in [-0.15, -0.1) is 0 Å². The molecule has 27 heavy (non-hydrogen) atoms. The smallest absolute Gasteiger partial charge is 0.375 e. The van der Waals surface area contributed by atoms with E-state index in [4.69, 9.17) is 20.8 Å². The summed E-state index contributed by atoms with van der Waals surface area (Å²) in [5, 5.41) is 1.23. The van der Waals surface area contributed by atoms with Crippen molar-refractivity contribution < 1.29 is 27.2 Å². The number of rotatable bonds is 4. The van der Waals surface area contributed by atoms with Gasteiger partial charge in [0.05, 0.1) is 6.26 Å². The molecule has 1 aliphatic rings. The quantitative estimate of drug-likeness (QED) is 0.706. The number of aryl methyl sites for hydroxylation is 1. The van der Waals surface area contributed by atoms with E-state index in [0.29, 0.717) is 21.6 Å². The first kappa shape index (κ1) is 19.7. The standard InChI is InChI=1S/C17H19ClN2O6S/c1-11-13-9-12(18)3-4-14(13)26-16(11)17(22)25-10-15(21)19-5-7-20(8-6-19)27(2,23)24/h3-4,9H,5-8,10H2,1-2H3. The van der Waals surface area contributed by atoms with Gasteiger partial charge in [-0.2, -0.15) is 4.31 Å². The van der Waals surface area contributed by atoms with Gasteiger partial charge in [-0.05, 0) is 25.1 Å². The van der Waals surface area contributed by atoms with Crippen LogP contribution in [-0.2, 0) is 19.6 Å². The Kier molecular flexibility index (Phi) is 5.45. The third-order valence-corrected chi connectivity index (χ3v) is 6.01. The molecule has 1 aliphatic heterocycles. The van der Waals surface area contributed by atoms with Gasteiger partial charge < -0.3 is 14.1 Å². The number of piperazine rings is 1. The van der Waals surface area contributed by atoms with Crippen LogP contribution in [0.4, 0.5) is 0 Å². The predicted molar refractivity (Wildman–Crippen MR) is 99.2 cm³/mol. The fourth-order valence-electron chi connectivity index (χ4n) is 2.94. The Morgan fingerprint density at radius 1 is 1.22 bits per heavy atom. The Balaban J connectivity index is 1.60. The van der Waals surface area contributed by atoms with E-state index in [2.05, 4.69) is 0 Å². The molecule has 0 unspecified atom stereocenters. The minimum atomic E-state index is -3.27. The topological polar surface area (TPSA) is 97.1 Å². The number of ether oxygens (including phenoxy) is 1. The number of halogens is 1. The minimum absolute atomic E-state index is 0.0296. The second-order valence-electron chi connectivity index (χ2n) is 6.32. The van der Waals surface area contributed by atoms with Gasteiger partial charge in [0.25, 0.3) is 5.91 Å². The fraction of sp³-hybridized carbons (Fsp3) is 0.412. The number of benzene rings is 1. The summed E-state index contributed by atoms with van der Waals surface area (Å²) in [6, 6.07) is 5.01. The molecule has 0 saturated carbocycles. The molecule has 1 aromatic carbocycles. The highest BCUT2D eigenvalue weighted by atomic mass is 35.5. The monoisotopic (exact) mass is 414 g/mol. The number of amides is 1. The van der Waals surface area contributed by atoms with Crippen LogP contribution >= 0.6 is 11.6 Å². The van der Waals surface area contributed by atoms with Crippen LogP contribution in [0.15, 0.2) is 22.6 Å². The van der Waals surface area contributed by atoms with Crippen molar-refractivity contribution in [1.82, 2.24) is 9.21 Å². The van der Waals surface area contributed by atoms with Gasteiger partial charge in [0.1, 0.15) is 5.58 Å². The SMILES string of the molecule is Cc1c(C(=O)OCC(=O)N2CCN(S(C)(=O)=O)CC2)oc2ccc(Cl)cc12. The second-order valence-corrected chi connectivity index (χ2v) is 8.73. The number of nitrogens with zero attached hydrogens (tertiary/aromatic N) is 2. The first-order valence-electron chi connectivity index (χ1n) is 8.25. The molecule has 0 atom stereocenters. The zero-order valence-electron chi connectivity index (χ0n) is 14.9. The molecular weight excluding hydrogens is 396 g/mol. The summed E-state index contributed by atoms with van der Waals surface area (Å²) in [6.07, 6.45) is 1.13. The van der Waals surface area contributed by atoms with E-state index in [9.17, 15) is 18.0 Å². The van der Waals surface area contributed by atoms with Crippen LogP contribution in [0.5, 0.6) is 0 Å². The molecule has 1 amide bonds. The molecule has 8 nitrogen and oxygen atoms in total. The van der Waals surface area contributed by atoms with Crippen molar-refractivity contribution in [3.05, 3.63) is 34.5 Å². The molecule has 0 spiro atoms. The maximum Gasteiger partial charge on any atom is 0.375 e. The average molecular weight is 415 g/mol. The van der Waals surface area contributed by atoms with Crippen LogP contribution in [0, 0.1) is 6.92 Å². The average Bonchev–Trinajstić information content (AvgIpc) is 2.95. The summed E-state index contributed by atoms with van der Waals surface area (Å²) >= 11 is 5.96. The molecule has 1 fully saturated rings. The van der Waals surface area contributed by atoms with Crippen LogP contribution in [0.3, 0.4) is 0 Å². The molecule has 0 radical (unpaired) electrons. The van der Waals surface area contributed by atoms with E-state index < -0.39 is 22.6 Å². The maximum absolute atomic E-state index is 12.3. The van der Waals surface area contributed by atoms with Gasteiger partial charge >= 0.3 is 5.97 Å². The largest absolute Gasteiger partial charge is 0.450 e. The Labute approximate surface area is 161 Å². The third kappa shape index (κ3) is 4.26. The number of esters is 1. The Morgan fingerprint density at radius 2 is 1.89 bits per heavy atom. The number of sulfonamides is 1. The lowest BCUT2D eigenvalue weighted by atomic mass is 10.1. The van der Waals surface area contributed by atoms with Gasteiger partial charge in [0.2, 0.25) is 15.8 Å². The van der Waals surface area contributed by atoms with Gasteiger partial charge in [-0.25, -0.2) is 13.2 Å². The number of hydrogen-bond acceptors (Lipinski definition) is 6. The van der Waals surface area contributed by atoms with Crippen molar-refractivity contribution in [2.75, 3.05) is 39.0 Å². The summed E-state index contributed by atoms with van der Waals surface area (Å²) < 4.78 is 34.9. The molecule has 1 saturated heterocycles. The van der Waals surface area contributed by atoms with E-state index in [1.54, 1.807) is 25.1 Å². The summed E-state index contributed by atoms with van der Waals surface area (Å²) in [6.45, 7) is 2.24. The van der Waals surface area contributed by atoms with E-state index >= 15 is 0 Å². The van der Waals surface area contributed by atoms with Crippen molar-refractivity contribution in [2.45, 2.75) is 6.92 Å². The first-order chi connectivity index (χ1) is 12.7. The van der Waals surface area contributed by atoms with E-state index in [0.717, 1.165) is 6.26 Å². The number of fused-ring (bicyclic) bond motifs is 1. The lowest BCUT2D eigenvalue weighted by Crippen LogP contribution is -2.51. The molecule has 10 heteroatoms. The summed E-state index contributed by atoms with van der Waals surface area (Å²) in [4.78, 5) is 26.0. The highest BCUT2D eigenvalue weighted by Gasteiger charge is 2.27. The molecule has 0 aliphatic carbocycles. The van der Waals surface area contributed by atoms with Gasteiger partial charge in [0.15, 0.2) is 6.61 Å². The molecular formula is C17H19ClN2O6S. The normalized spacial score (nSPS) is 15.9. The molecule has 3 rings (SSSR count). The molecule has 2 heterocycles. The summed E-state index contributed by atoms with van der Waals surface area (Å²) in [7, 11) is -3.27. The van der Waals surface area contributed by atoms with Crippen molar-refractivity contribution in [3.8, 4) is 0 Å².